The zero-order valence-electron chi connectivity index (χ0n) is 19.9. The lowest BCUT2D eigenvalue weighted by atomic mass is 9.77. The van der Waals surface area contributed by atoms with Crippen molar-refractivity contribution in [2.45, 2.75) is 5.54 Å². The Kier molecular flexibility index (Phi) is 5.74. The number of benzene rings is 5. The normalized spacial score (nSPS) is 11.6. The number of rotatable bonds is 5. The number of fused-ring (bicyclic) bond motifs is 1. The highest BCUT2D eigenvalue weighted by molar-refractivity contribution is 6.33. The van der Waals surface area contributed by atoms with Gasteiger partial charge in [-0.3, -0.25) is 0 Å². The summed E-state index contributed by atoms with van der Waals surface area (Å²) in [4.78, 5) is 0. The topological polar surface area (TPSA) is 43.8 Å². The van der Waals surface area contributed by atoms with Crippen LogP contribution in [0.4, 0.5) is 10.2 Å². The molecular weight excluding hydrogens is 481 g/mol. The maximum Gasteiger partial charge on any atom is 0.153 e. The molecule has 0 fully saturated rings. The van der Waals surface area contributed by atoms with Gasteiger partial charge in [-0.2, -0.15) is 5.10 Å². The van der Waals surface area contributed by atoms with E-state index < -0.39 is 5.54 Å². The summed E-state index contributed by atoms with van der Waals surface area (Å²) in [6.45, 7) is 0. The van der Waals surface area contributed by atoms with Crippen molar-refractivity contribution in [3.63, 3.8) is 0 Å². The number of halogens is 2. The first-order valence-electron chi connectivity index (χ1n) is 12.0. The minimum absolute atomic E-state index is 0.345. The van der Waals surface area contributed by atoms with Crippen molar-refractivity contribution in [2.24, 2.45) is 0 Å². The Bertz CT molecular complexity index is 1580. The molecule has 0 aliphatic carbocycles. The van der Waals surface area contributed by atoms with Crippen molar-refractivity contribution in [1.82, 2.24) is 9.78 Å². The van der Waals surface area contributed by atoms with Crippen LogP contribution in [0.15, 0.2) is 127 Å². The number of hydrogen-bond acceptors (Lipinski definition) is 2. The molecule has 3 nitrogen and oxygen atoms in total. The van der Waals surface area contributed by atoms with E-state index >= 15 is 0 Å². The number of nitrogens with zero attached hydrogens (tertiary/aromatic N) is 2. The Morgan fingerprint density at radius 3 is 1.73 bits per heavy atom. The van der Waals surface area contributed by atoms with Crippen molar-refractivity contribution < 1.29 is 4.39 Å². The Morgan fingerprint density at radius 1 is 0.676 bits per heavy atom. The third-order valence-electron chi connectivity index (χ3n) is 6.85. The number of anilines is 1. The Morgan fingerprint density at radius 2 is 1.22 bits per heavy atom. The first kappa shape index (κ1) is 23.0. The van der Waals surface area contributed by atoms with Gasteiger partial charge in [-0.05, 0) is 46.5 Å². The highest BCUT2D eigenvalue weighted by atomic mass is 35.5. The highest BCUT2D eigenvalue weighted by Crippen LogP contribution is 2.44. The summed E-state index contributed by atoms with van der Waals surface area (Å²) in [6, 6.07) is 41.2. The van der Waals surface area contributed by atoms with Gasteiger partial charge in [-0.1, -0.05) is 115 Å². The predicted octanol–water partition coefficient (Wildman–Crippen LogP) is 7.92. The molecule has 0 saturated carbocycles. The lowest BCUT2D eigenvalue weighted by molar-refractivity contribution is 0.477. The second kappa shape index (κ2) is 9.23. The number of nitrogens with two attached hydrogens (primary N) is 1. The minimum Gasteiger partial charge on any atom is -0.382 e. The van der Waals surface area contributed by atoms with E-state index in [4.69, 9.17) is 22.4 Å². The van der Waals surface area contributed by atoms with Gasteiger partial charge in [-0.15, -0.1) is 0 Å². The second-order valence-electron chi connectivity index (χ2n) is 8.93. The van der Waals surface area contributed by atoms with E-state index in [9.17, 15) is 4.39 Å². The van der Waals surface area contributed by atoms with Crippen molar-refractivity contribution in [2.75, 3.05) is 5.73 Å². The molecule has 5 heteroatoms. The summed E-state index contributed by atoms with van der Waals surface area (Å²) < 4.78 is 16.7. The molecule has 0 saturated heterocycles. The van der Waals surface area contributed by atoms with Crippen molar-refractivity contribution in [3.8, 4) is 11.1 Å². The van der Waals surface area contributed by atoms with Crippen LogP contribution in [0.5, 0.6) is 0 Å². The third kappa shape index (κ3) is 3.69. The molecule has 0 atom stereocenters. The Balaban J connectivity index is 1.70. The van der Waals surface area contributed by atoms with Crippen LogP contribution in [0.3, 0.4) is 0 Å². The number of aromatic nitrogens is 2. The summed E-state index contributed by atoms with van der Waals surface area (Å²) in [5, 5.41) is 6.01. The van der Waals surface area contributed by atoms with Gasteiger partial charge in [-0.25, -0.2) is 9.07 Å². The van der Waals surface area contributed by atoms with Crippen LogP contribution >= 0.6 is 11.6 Å². The second-order valence-corrected chi connectivity index (χ2v) is 9.34. The van der Waals surface area contributed by atoms with Gasteiger partial charge in [0.2, 0.25) is 0 Å². The molecule has 1 aromatic heterocycles. The summed E-state index contributed by atoms with van der Waals surface area (Å²) in [5.41, 5.74) is 10.7. The van der Waals surface area contributed by atoms with Gasteiger partial charge >= 0.3 is 0 Å². The first-order valence-corrected chi connectivity index (χ1v) is 12.4. The zero-order valence-corrected chi connectivity index (χ0v) is 20.6. The molecule has 0 aliphatic heterocycles. The molecule has 0 aliphatic rings. The lowest BCUT2D eigenvalue weighted by Gasteiger charge is -2.37. The summed E-state index contributed by atoms with van der Waals surface area (Å²) in [7, 11) is 0. The first-order chi connectivity index (χ1) is 18.1. The van der Waals surface area contributed by atoms with Gasteiger partial charge in [0, 0.05) is 10.9 Å². The van der Waals surface area contributed by atoms with Crippen LogP contribution in [-0.2, 0) is 5.54 Å². The van der Waals surface area contributed by atoms with E-state index in [1.807, 2.05) is 77.5 Å². The summed E-state index contributed by atoms with van der Waals surface area (Å²) in [6.07, 6.45) is 0. The molecule has 2 N–H and O–H groups in total. The third-order valence-corrected chi connectivity index (χ3v) is 7.17. The largest absolute Gasteiger partial charge is 0.382 e. The van der Waals surface area contributed by atoms with Gasteiger partial charge in [0.05, 0.1) is 10.5 Å². The predicted molar refractivity (Wildman–Crippen MR) is 149 cm³/mol. The highest BCUT2D eigenvalue weighted by Gasteiger charge is 2.40. The summed E-state index contributed by atoms with van der Waals surface area (Å²) >= 11 is 6.38. The van der Waals surface area contributed by atoms with Crippen molar-refractivity contribution in [3.05, 3.63) is 155 Å². The van der Waals surface area contributed by atoms with Gasteiger partial charge in [0.25, 0.3) is 0 Å². The molecule has 6 aromatic rings. The molecule has 37 heavy (non-hydrogen) atoms. The maximum atomic E-state index is 14.8. The fourth-order valence-electron chi connectivity index (χ4n) is 5.23. The Labute approximate surface area is 219 Å². The quantitative estimate of drug-likeness (QED) is 0.243. The van der Waals surface area contributed by atoms with Crippen LogP contribution in [0, 0.1) is 5.82 Å². The van der Waals surface area contributed by atoms with Crippen LogP contribution in [-0.4, -0.2) is 9.78 Å². The van der Waals surface area contributed by atoms with E-state index in [1.165, 1.54) is 6.07 Å². The molecule has 5 aromatic carbocycles. The SMILES string of the molecule is Nc1nn(C(c2ccccc2)(c2ccccc2)c2ccccc2)c2ccc(-c3c(F)cccc3Cl)cc12. The Hall–Kier alpha value is -4.41. The van der Waals surface area contributed by atoms with Crippen LogP contribution in [0.25, 0.3) is 22.0 Å². The summed E-state index contributed by atoms with van der Waals surface area (Å²) in [5.74, 6) is -0.0264. The maximum absolute atomic E-state index is 14.8. The van der Waals surface area contributed by atoms with Crippen LogP contribution in [0.2, 0.25) is 5.02 Å². The number of nitrogen functional groups attached to an aromatic ring is 1. The van der Waals surface area contributed by atoms with Crippen molar-refractivity contribution >= 4 is 28.3 Å². The lowest BCUT2D eigenvalue weighted by Crippen LogP contribution is -2.38. The van der Waals surface area contributed by atoms with Gasteiger partial charge < -0.3 is 5.73 Å². The molecule has 180 valence electrons. The smallest absolute Gasteiger partial charge is 0.153 e. The average molecular weight is 504 g/mol. The average Bonchev–Trinajstić information content (AvgIpc) is 3.27. The van der Waals surface area contributed by atoms with E-state index in [2.05, 4.69) is 36.4 Å². The molecule has 0 bridgehead atoms. The van der Waals surface area contributed by atoms with Crippen LogP contribution in [0.1, 0.15) is 16.7 Å². The molecule has 0 amide bonds. The molecule has 0 spiro atoms. The zero-order chi connectivity index (χ0) is 25.4. The standard InChI is InChI=1S/C32H23ClFN3/c33-27-17-10-18-28(34)30(27)22-19-20-29-26(21-22)31(35)36-37(29)32(23-11-4-1-5-12-23,24-13-6-2-7-14-24)25-15-8-3-9-16-25/h1-21H,(H2,35,36). The molecular formula is C32H23ClFN3. The minimum atomic E-state index is -0.809. The molecule has 1 heterocycles. The molecule has 0 radical (unpaired) electrons. The van der Waals surface area contributed by atoms with E-state index in [1.54, 1.807) is 12.1 Å². The number of hydrogen-bond donors (Lipinski definition) is 1. The fourth-order valence-corrected chi connectivity index (χ4v) is 5.50. The fraction of sp³-hybridized carbons (Fsp3) is 0.0312. The monoisotopic (exact) mass is 503 g/mol. The van der Waals surface area contributed by atoms with Gasteiger partial charge in [0.15, 0.2) is 5.82 Å². The van der Waals surface area contributed by atoms with Crippen LogP contribution < -0.4 is 5.73 Å². The molecule has 0 unspecified atom stereocenters. The van der Waals surface area contributed by atoms with Crippen molar-refractivity contribution in [1.29, 1.82) is 0 Å². The van der Waals surface area contributed by atoms with Gasteiger partial charge in [0.1, 0.15) is 11.4 Å². The molecule has 6 rings (SSSR count). The van der Waals surface area contributed by atoms with E-state index in [-0.39, 0.29) is 5.82 Å². The van der Waals surface area contributed by atoms with E-state index in [0.717, 1.165) is 27.6 Å². The van der Waals surface area contributed by atoms with E-state index in [0.29, 0.717) is 22.0 Å².